The van der Waals surface area contributed by atoms with Gasteiger partial charge in [0.15, 0.2) is 0 Å². The van der Waals surface area contributed by atoms with E-state index in [9.17, 15) is 5.11 Å². The van der Waals surface area contributed by atoms with Crippen molar-refractivity contribution in [3.63, 3.8) is 0 Å². The van der Waals surface area contributed by atoms with Crippen molar-refractivity contribution >= 4 is 17.5 Å². The maximum Gasteiger partial charge on any atom is 0.222 e. The number of halogens is 1. The third kappa shape index (κ3) is 3.68. The average Bonchev–Trinajstić information content (AvgIpc) is 2.45. The van der Waals surface area contributed by atoms with Crippen molar-refractivity contribution in [3.05, 3.63) is 52.8 Å². The number of hydrogen-bond donors (Lipinski definition) is 2. The van der Waals surface area contributed by atoms with Gasteiger partial charge in [-0.2, -0.15) is 0 Å². The Bertz CT molecular complexity index is 575. The lowest BCUT2D eigenvalue weighted by Gasteiger charge is -2.14. The Morgan fingerprint density at radius 2 is 2.00 bits per heavy atom. The van der Waals surface area contributed by atoms with Crippen molar-refractivity contribution in [3.8, 4) is 0 Å². The minimum atomic E-state index is -0.699. The minimum absolute atomic E-state index is 0.311. The lowest BCUT2D eigenvalue weighted by molar-refractivity contribution is 0.191. The summed E-state index contributed by atoms with van der Waals surface area (Å²) in [5.74, 6) is 0.856. The standard InChI is InChI=1S/C15H18ClN3O/c1-10(2)13-7-8-17-15(19-13)18-9-14(20)11-5-3-4-6-12(11)16/h3-8,10,14,20H,9H2,1-2H3,(H,17,18,19). The van der Waals surface area contributed by atoms with E-state index < -0.39 is 6.10 Å². The molecule has 0 radical (unpaired) electrons. The number of nitrogens with zero attached hydrogens (tertiary/aromatic N) is 2. The molecular weight excluding hydrogens is 274 g/mol. The van der Waals surface area contributed by atoms with Crippen LogP contribution >= 0.6 is 11.6 Å². The molecule has 1 unspecified atom stereocenters. The van der Waals surface area contributed by atoms with Crippen LogP contribution in [0.3, 0.4) is 0 Å². The SMILES string of the molecule is CC(C)c1ccnc(NCC(O)c2ccccc2Cl)n1. The van der Waals surface area contributed by atoms with Gasteiger partial charge >= 0.3 is 0 Å². The van der Waals surface area contributed by atoms with Crippen LogP contribution in [0.5, 0.6) is 0 Å². The van der Waals surface area contributed by atoms with Gasteiger partial charge < -0.3 is 10.4 Å². The van der Waals surface area contributed by atoms with E-state index in [0.717, 1.165) is 5.69 Å². The van der Waals surface area contributed by atoms with Gasteiger partial charge in [0.25, 0.3) is 0 Å². The normalized spacial score (nSPS) is 12.4. The first kappa shape index (κ1) is 14.8. The number of aromatic nitrogens is 2. The summed E-state index contributed by atoms with van der Waals surface area (Å²) >= 11 is 6.05. The molecule has 2 N–H and O–H groups in total. The number of aliphatic hydroxyl groups is 1. The van der Waals surface area contributed by atoms with E-state index in [0.29, 0.717) is 29.0 Å². The molecule has 0 aliphatic heterocycles. The molecule has 1 heterocycles. The third-order valence-electron chi connectivity index (χ3n) is 2.99. The number of nitrogens with one attached hydrogen (secondary N) is 1. The highest BCUT2D eigenvalue weighted by atomic mass is 35.5. The van der Waals surface area contributed by atoms with E-state index in [-0.39, 0.29) is 0 Å². The molecule has 0 aliphatic carbocycles. The first-order valence-electron chi connectivity index (χ1n) is 6.57. The highest BCUT2D eigenvalue weighted by molar-refractivity contribution is 6.31. The summed E-state index contributed by atoms with van der Waals surface area (Å²) in [4.78, 5) is 8.54. The third-order valence-corrected chi connectivity index (χ3v) is 3.33. The number of benzene rings is 1. The van der Waals surface area contributed by atoms with Gasteiger partial charge in [0, 0.05) is 29.0 Å². The number of hydrogen-bond acceptors (Lipinski definition) is 4. The Balaban J connectivity index is 2.02. The maximum absolute atomic E-state index is 10.1. The lowest BCUT2D eigenvalue weighted by atomic mass is 10.1. The van der Waals surface area contributed by atoms with Crippen molar-refractivity contribution in [2.24, 2.45) is 0 Å². The van der Waals surface area contributed by atoms with Gasteiger partial charge in [0.1, 0.15) is 0 Å². The number of anilines is 1. The molecule has 1 aromatic carbocycles. The molecule has 20 heavy (non-hydrogen) atoms. The van der Waals surface area contributed by atoms with Crippen LogP contribution in [0.2, 0.25) is 5.02 Å². The molecule has 0 bridgehead atoms. The van der Waals surface area contributed by atoms with Gasteiger partial charge in [-0.05, 0) is 18.1 Å². The second kappa shape index (κ2) is 6.68. The van der Waals surface area contributed by atoms with Gasteiger partial charge in [-0.1, -0.05) is 43.6 Å². The first-order chi connectivity index (χ1) is 9.58. The van der Waals surface area contributed by atoms with E-state index in [4.69, 9.17) is 11.6 Å². The average molecular weight is 292 g/mol. The second-order valence-electron chi connectivity index (χ2n) is 4.88. The van der Waals surface area contributed by atoms with Gasteiger partial charge in [-0.3, -0.25) is 0 Å². The van der Waals surface area contributed by atoms with Crippen molar-refractivity contribution in [1.82, 2.24) is 9.97 Å². The fourth-order valence-electron chi connectivity index (χ4n) is 1.82. The molecule has 0 spiro atoms. The molecule has 106 valence electrons. The summed E-state index contributed by atoms with van der Waals surface area (Å²) in [6.07, 6.45) is 1.02. The Morgan fingerprint density at radius 3 is 2.70 bits per heavy atom. The predicted octanol–water partition coefficient (Wildman–Crippen LogP) is 3.40. The van der Waals surface area contributed by atoms with Crippen LogP contribution in [0.25, 0.3) is 0 Å². The van der Waals surface area contributed by atoms with Crippen LogP contribution in [0.1, 0.15) is 37.1 Å². The van der Waals surface area contributed by atoms with E-state index >= 15 is 0 Å². The molecule has 0 aliphatic rings. The molecule has 0 saturated heterocycles. The first-order valence-corrected chi connectivity index (χ1v) is 6.95. The zero-order chi connectivity index (χ0) is 14.5. The fourth-order valence-corrected chi connectivity index (χ4v) is 2.08. The fraction of sp³-hybridized carbons (Fsp3) is 0.333. The molecular formula is C15H18ClN3O. The Hall–Kier alpha value is -1.65. The van der Waals surface area contributed by atoms with Gasteiger partial charge in [-0.15, -0.1) is 0 Å². The van der Waals surface area contributed by atoms with E-state index in [1.807, 2.05) is 18.2 Å². The maximum atomic E-state index is 10.1. The quantitative estimate of drug-likeness (QED) is 0.886. The highest BCUT2D eigenvalue weighted by Crippen LogP contribution is 2.22. The van der Waals surface area contributed by atoms with Crippen LogP contribution in [0.15, 0.2) is 36.5 Å². The monoisotopic (exact) mass is 291 g/mol. The molecule has 4 nitrogen and oxygen atoms in total. The lowest BCUT2D eigenvalue weighted by Crippen LogP contribution is -2.14. The van der Waals surface area contributed by atoms with Crippen molar-refractivity contribution < 1.29 is 5.11 Å². The van der Waals surface area contributed by atoms with Crippen molar-refractivity contribution in [2.45, 2.75) is 25.9 Å². The molecule has 2 rings (SSSR count). The second-order valence-corrected chi connectivity index (χ2v) is 5.29. The van der Waals surface area contributed by atoms with Crippen LogP contribution in [0, 0.1) is 0 Å². The van der Waals surface area contributed by atoms with E-state index in [1.165, 1.54) is 0 Å². The summed E-state index contributed by atoms with van der Waals surface area (Å²) in [6, 6.07) is 9.14. The van der Waals surface area contributed by atoms with Gasteiger partial charge in [0.2, 0.25) is 5.95 Å². The Morgan fingerprint density at radius 1 is 1.25 bits per heavy atom. The van der Waals surface area contributed by atoms with Crippen LogP contribution in [0.4, 0.5) is 5.95 Å². The topological polar surface area (TPSA) is 58.0 Å². The molecule has 5 heteroatoms. The molecule has 0 fully saturated rings. The summed E-state index contributed by atoms with van der Waals surface area (Å²) < 4.78 is 0. The van der Waals surface area contributed by atoms with Gasteiger partial charge in [-0.25, -0.2) is 9.97 Å². The zero-order valence-electron chi connectivity index (χ0n) is 11.5. The minimum Gasteiger partial charge on any atom is -0.387 e. The van der Waals surface area contributed by atoms with Crippen LogP contribution in [-0.4, -0.2) is 21.6 Å². The smallest absolute Gasteiger partial charge is 0.222 e. The van der Waals surface area contributed by atoms with Crippen molar-refractivity contribution in [2.75, 3.05) is 11.9 Å². The summed E-state index contributed by atoms with van der Waals surface area (Å²) in [5, 5.41) is 13.7. The summed E-state index contributed by atoms with van der Waals surface area (Å²) in [7, 11) is 0. The highest BCUT2D eigenvalue weighted by Gasteiger charge is 2.11. The number of aliphatic hydroxyl groups excluding tert-OH is 1. The molecule has 0 amide bonds. The molecule has 2 aromatic rings. The van der Waals surface area contributed by atoms with E-state index in [2.05, 4.69) is 29.1 Å². The van der Waals surface area contributed by atoms with E-state index in [1.54, 1.807) is 18.3 Å². The molecule has 1 atom stereocenters. The molecule has 0 saturated carbocycles. The zero-order valence-corrected chi connectivity index (χ0v) is 12.3. The largest absolute Gasteiger partial charge is 0.387 e. The summed E-state index contributed by atoms with van der Waals surface area (Å²) in [5.41, 5.74) is 1.66. The van der Waals surface area contributed by atoms with Crippen LogP contribution in [-0.2, 0) is 0 Å². The number of rotatable bonds is 5. The van der Waals surface area contributed by atoms with Gasteiger partial charge in [0.05, 0.1) is 6.10 Å². The predicted molar refractivity (Wildman–Crippen MR) is 81.0 cm³/mol. The Kier molecular flexibility index (Phi) is 4.93. The van der Waals surface area contributed by atoms with Crippen LogP contribution < -0.4 is 5.32 Å². The molecule has 1 aromatic heterocycles. The Labute approximate surface area is 123 Å². The van der Waals surface area contributed by atoms with Crippen molar-refractivity contribution in [1.29, 1.82) is 0 Å². The summed E-state index contributed by atoms with van der Waals surface area (Å²) in [6.45, 7) is 4.46.